The van der Waals surface area contributed by atoms with Crippen LogP contribution in [0.1, 0.15) is 49.5 Å². The van der Waals surface area contributed by atoms with Gasteiger partial charge in [-0.3, -0.25) is 9.59 Å². The normalized spacial score (nSPS) is 13.3. The molecule has 0 bridgehead atoms. The summed E-state index contributed by atoms with van der Waals surface area (Å²) >= 11 is 0. The number of hydrogen-bond donors (Lipinski definition) is 1. The highest BCUT2D eigenvalue weighted by Crippen LogP contribution is 2.39. The molecule has 3 rings (SSSR count). The molecule has 1 saturated heterocycles. The van der Waals surface area contributed by atoms with Gasteiger partial charge in [-0.2, -0.15) is 0 Å². The maximum absolute atomic E-state index is 13.0. The maximum atomic E-state index is 13.0. The first-order chi connectivity index (χ1) is 15.0. The average Bonchev–Trinajstić information content (AvgIpc) is 3.17. The lowest BCUT2D eigenvalue weighted by Gasteiger charge is -2.20. The zero-order valence-electron chi connectivity index (χ0n) is 18.6. The summed E-state index contributed by atoms with van der Waals surface area (Å²) in [6.45, 7) is 9.60. The van der Waals surface area contributed by atoms with Crippen molar-refractivity contribution in [2.45, 2.75) is 40.5 Å². The summed E-state index contributed by atoms with van der Waals surface area (Å²) in [5.74, 6) is 1.24. The van der Waals surface area contributed by atoms with Gasteiger partial charge in [-0.25, -0.2) is 0 Å². The molecule has 0 aliphatic carbocycles. The zero-order chi connectivity index (χ0) is 22.4. The highest BCUT2D eigenvalue weighted by atomic mass is 16.5. The molecule has 1 fully saturated rings. The quantitative estimate of drug-likeness (QED) is 0.636. The Balaban J connectivity index is 1.90. The Bertz CT molecular complexity index is 930. The van der Waals surface area contributed by atoms with Crippen LogP contribution in [0.3, 0.4) is 0 Å². The second-order valence-corrected chi connectivity index (χ2v) is 7.21. The van der Waals surface area contributed by atoms with Gasteiger partial charge < -0.3 is 24.4 Å². The van der Waals surface area contributed by atoms with Crippen LogP contribution in [0.25, 0.3) is 0 Å². The van der Waals surface area contributed by atoms with E-state index < -0.39 is 0 Å². The first-order valence-electron chi connectivity index (χ1n) is 10.8. The molecule has 166 valence electrons. The summed E-state index contributed by atoms with van der Waals surface area (Å²) in [7, 11) is 0. The van der Waals surface area contributed by atoms with Gasteiger partial charge in [0.1, 0.15) is 0 Å². The van der Waals surface area contributed by atoms with Gasteiger partial charge in [-0.05, 0) is 63.9 Å². The van der Waals surface area contributed by atoms with E-state index in [2.05, 4.69) is 5.32 Å². The molecule has 0 aromatic heterocycles. The van der Waals surface area contributed by atoms with E-state index in [1.807, 2.05) is 45.9 Å². The van der Waals surface area contributed by atoms with Crippen LogP contribution >= 0.6 is 0 Å². The second-order valence-electron chi connectivity index (χ2n) is 7.21. The van der Waals surface area contributed by atoms with Crippen molar-refractivity contribution in [2.75, 3.05) is 36.6 Å². The average molecular weight is 427 g/mol. The van der Waals surface area contributed by atoms with Crippen molar-refractivity contribution in [3.05, 3.63) is 41.5 Å². The third kappa shape index (κ3) is 5.10. The summed E-state index contributed by atoms with van der Waals surface area (Å²) in [5.41, 5.74) is 2.84. The lowest BCUT2D eigenvalue weighted by Crippen LogP contribution is -2.24. The van der Waals surface area contributed by atoms with E-state index in [-0.39, 0.29) is 11.8 Å². The number of hydrogen-bond acceptors (Lipinski definition) is 5. The SMILES string of the molecule is CCOc1cc(C(=O)Nc2ccc(C)c(N3CCCC3=O)c2)cc(OCC)c1OCC. The lowest BCUT2D eigenvalue weighted by molar-refractivity contribution is -0.117. The number of aryl methyl sites for hydroxylation is 1. The predicted octanol–water partition coefficient (Wildman–Crippen LogP) is 4.57. The third-order valence-corrected chi connectivity index (χ3v) is 5.00. The summed E-state index contributed by atoms with van der Waals surface area (Å²) in [6.07, 6.45) is 1.41. The molecule has 2 aromatic rings. The summed E-state index contributed by atoms with van der Waals surface area (Å²) in [4.78, 5) is 27.0. The molecule has 31 heavy (non-hydrogen) atoms. The topological polar surface area (TPSA) is 77.1 Å². The van der Waals surface area contributed by atoms with Crippen molar-refractivity contribution in [3.8, 4) is 17.2 Å². The van der Waals surface area contributed by atoms with E-state index in [0.717, 1.165) is 17.7 Å². The first-order valence-corrected chi connectivity index (χ1v) is 10.8. The Morgan fingerprint density at radius 3 is 2.19 bits per heavy atom. The standard InChI is InChI=1S/C24H30N2O5/c1-5-29-20-13-17(14-21(30-6-2)23(20)31-7-3)24(28)25-18-11-10-16(4)19(15-18)26-12-8-9-22(26)27/h10-11,13-15H,5-9,12H2,1-4H3,(H,25,28). The fourth-order valence-electron chi connectivity index (χ4n) is 3.60. The van der Waals surface area contributed by atoms with Crippen LogP contribution in [0.2, 0.25) is 0 Å². The monoisotopic (exact) mass is 426 g/mol. The molecule has 1 aliphatic rings. The number of nitrogens with zero attached hydrogens (tertiary/aromatic N) is 1. The van der Waals surface area contributed by atoms with Crippen molar-refractivity contribution < 1.29 is 23.8 Å². The predicted molar refractivity (Wildman–Crippen MR) is 121 cm³/mol. The van der Waals surface area contributed by atoms with Gasteiger partial charge in [0.05, 0.1) is 19.8 Å². The second kappa shape index (κ2) is 10.2. The van der Waals surface area contributed by atoms with E-state index in [4.69, 9.17) is 14.2 Å². The number of benzene rings is 2. The molecule has 2 amide bonds. The minimum absolute atomic E-state index is 0.112. The van der Waals surface area contributed by atoms with Crippen molar-refractivity contribution in [1.82, 2.24) is 0 Å². The van der Waals surface area contributed by atoms with Gasteiger partial charge >= 0.3 is 0 Å². The number of carbonyl (C=O) groups excluding carboxylic acids is 2. The summed E-state index contributed by atoms with van der Waals surface area (Å²) < 4.78 is 17.1. The molecule has 0 saturated carbocycles. The maximum Gasteiger partial charge on any atom is 0.255 e. The van der Waals surface area contributed by atoms with Crippen molar-refractivity contribution in [1.29, 1.82) is 0 Å². The van der Waals surface area contributed by atoms with E-state index in [0.29, 0.717) is 61.3 Å². The van der Waals surface area contributed by atoms with Crippen LogP contribution in [0.4, 0.5) is 11.4 Å². The van der Waals surface area contributed by atoms with Gasteiger partial charge in [0.2, 0.25) is 11.7 Å². The summed E-state index contributed by atoms with van der Waals surface area (Å²) in [5, 5.41) is 2.93. The molecular formula is C24H30N2O5. The number of carbonyl (C=O) groups is 2. The number of anilines is 2. The molecule has 0 spiro atoms. The molecule has 2 aromatic carbocycles. The van der Waals surface area contributed by atoms with Gasteiger partial charge in [-0.1, -0.05) is 6.07 Å². The Kier molecular flexibility index (Phi) is 7.39. The highest BCUT2D eigenvalue weighted by molar-refractivity contribution is 6.06. The van der Waals surface area contributed by atoms with Crippen molar-refractivity contribution in [3.63, 3.8) is 0 Å². The largest absolute Gasteiger partial charge is 0.490 e. The minimum atomic E-state index is -0.299. The van der Waals surface area contributed by atoms with Crippen LogP contribution in [-0.4, -0.2) is 38.2 Å². The molecule has 1 heterocycles. The van der Waals surface area contributed by atoms with Crippen LogP contribution in [0.5, 0.6) is 17.2 Å². The van der Waals surface area contributed by atoms with Crippen LogP contribution in [-0.2, 0) is 4.79 Å². The zero-order valence-corrected chi connectivity index (χ0v) is 18.6. The van der Waals surface area contributed by atoms with Crippen molar-refractivity contribution >= 4 is 23.2 Å². The summed E-state index contributed by atoms with van der Waals surface area (Å²) in [6, 6.07) is 8.90. The number of ether oxygens (including phenoxy) is 3. The number of rotatable bonds is 9. The van der Waals surface area contributed by atoms with Gasteiger partial charge in [0.25, 0.3) is 5.91 Å². The molecule has 0 atom stereocenters. The Labute approximate surface area is 183 Å². The lowest BCUT2D eigenvalue weighted by atomic mass is 10.1. The molecule has 7 heteroatoms. The van der Waals surface area contributed by atoms with Crippen LogP contribution in [0, 0.1) is 6.92 Å². The Morgan fingerprint density at radius 2 is 1.65 bits per heavy atom. The van der Waals surface area contributed by atoms with E-state index in [9.17, 15) is 9.59 Å². The minimum Gasteiger partial charge on any atom is -0.490 e. The fraction of sp³-hybridized carbons (Fsp3) is 0.417. The van der Waals surface area contributed by atoms with Gasteiger partial charge in [0.15, 0.2) is 11.5 Å². The van der Waals surface area contributed by atoms with Crippen molar-refractivity contribution in [2.24, 2.45) is 0 Å². The van der Waals surface area contributed by atoms with Gasteiger partial charge in [-0.15, -0.1) is 0 Å². The van der Waals surface area contributed by atoms with Crippen LogP contribution < -0.4 is 24.4 Å². The van der Waals surface area contributed by atoms with Gasteiger partial charge in [0, 0.05) is 29.9 Å². The molecule has 1 N–H and O–H groups in total. The van der Waals surface area contributed by atoms with E-state index in [1.54, 1.807) is 17.0 Å². The molecule has 0 unspecified atom stereocenters. The molecule has 1 aliphatic heterocycles. The van der Waals surface area contributed by atoms with E-state index in [1.165, 1.54) is 0 Å². The fourth-order valence-corrected chi connectivity index (χ4v) is 3.60. The Morgan fingerprint density at radius 1 is 1.00 bits per heavy atom. The number of nitrogens with one attached hydrogen (secondary N) is 1. The highest BCUT2D eigenvalue weighted by Gasteiger charge is 2.24. The molecule has 0 radical (unpaired) electrons. The molecular weight excluding hydrogens is 396 g/mol. The first kappa shape index (κ1) is 22.5. The smallest absolute Gasteiger partial charge is 0.255 e. The van der Waals surface area contributed by atoms with E-state index >= 15 is 0 Å². The third-order valence-electron chi connectivity index (χ3n) is 5.00. The molecule has 7 nitrogen and oxygen atoms in total. The van der Waals surface area contributed by atoms with Crippen LogP contribution in [0.15, 0.2) is 30.3 Å². The Hall–Kier alpha value is -3.22. The number of amides is 2.